The summed E-state index contributed by atoms with van der Waals surface area (Å²) >= 11 is 0. The zero-order chi connectivity index (χ0) is 22.8. The molecule has 0 bridgehead atoms. The fraction of sp³-hybridized carbons (Fsp3) is 0.280. The molecule has 1 unspecified atom stereocenters. The predicted molar refractivity (Wildman–Crippen MR) is 126 cm³/mol. The van der Waals surface area contributed by atoms with Crippen molar-refractivity contribution in [3.05, 3.63) is 77.1 Å². The maximum atomic E-state index is 12.9. The third-order valence-corrected chi connectivity index (χ3v) is 6.22. The Hall–Kier alpha value is -3.78. The fourth-order valence-corrected chi connectivity index (χ4v) is 4.49. The number of benzene rings is 2. The van der Waals surface area contributed by atoms with Crippen molar-refractivity contribution in [1.29, 1.82) is 0 Å². The number of nitrogen functional groups attached to an aromatic ring is 1. The third kappa shape index (κ3) is 4.56. The number of fused-ring (bicyclic) bond motifs is 1. The number of hydrogen-bond donors (Lipinski definition) is 4. The Morgan fingerprint density at radius 3 is 2.45 bits per heavy atom. The molecule has 33 heavy (non-hydrogen) atoms. The van der Waals surface area contributed by atoms with Gasteiger partial charge in [0.2, 0.25) is 0 Å². The first-order valence-corrected chi connectivity index (χ1v) is 11.2. The lowest BCUT2D eigenvalue weighted by molar-refractivity contribution is 0.0928. The van der Waals surface area contributed by atoms with Crippen LogP contribution in [-0.2, 0) is 12.8 Å². The van der Waals surface area contributed by atoms with E-state index in [1.807, 2.05) is 18.2 Å². The molecule has 2 aliphatic rings. The van der Waals surface area contributed by atoms with Crippen LogP contribution in [0.25, 0.3) is 11.3 Å². The van der Waals surface area contributed by atoms with Gasteiger partial charge in [-0.05, 0) is 49.1 Å². The van der Waals surface area contributed by atoms with E-state index in [9.17, 15) is 9.59 Å². The molecular weight excluding hydrogens is 416 g/mol. The molecule has 2 aromatic carbocycles. The molecule has 5 rings (SSSR count). The summed E-state index contributed by atoms with van der Waals surface area (Å²) in [5.74, 6) is -0.396. The molecular formula is C25H26N6O2. The summed E-state index contributed by atoms with van der Waals surface area (Å²) in [4.78, 5) is 34.2. The van der Waals surface area contributed by atoms with Gasteiger partial charge in [0.25, 0.3) is 11.8 Å². The minimum atomic E-state index is -0.342. The third-order valence-electron chi connectivity index (χ3n) is 6.22. The van der Waals surface area contributed by atoms with E-state index >= 15 is 0 Å². The number of amides is 2. The van der Waals surface area contributed by atoms with Crippen LogP contribution in [0.2, 0.25) is 0 Å². The van der Waals surface area contributed by atoms with E-state index in [1.54, 1.807) is 18.2 Å². The van der Waals surface area contributed by atoms with Gasteiger partial charge >= 0.3 is 0 Å². The molecule has 2 heterocycles. The van der Waals surface area contributed by atoms with Gasteiger partial charge in [0, 0.05) is 29.8 Å². The van der Waals surface area contributed by atoms with E-state index in [0.29, 0.717) is 16.8 Å². The second kappa shape index (κ2) is 8.99. The van der Waals surface area contributed by atoms with Crippen LogP contribution in [0, 0.1) is 0 Å². The van der Waals surface area contributed by atoms with Gasteiger partial charge in [-0.25, -0.2) is 9.97 Å². The van der Waals surface area contributed by atoms with Gasteiger partial charge in [-0.3, -0.25) is 9.59 Å². The van der Waals surface area contributed by atoms with E-state index in [0.717, 1.165) is 32.4 Å². The largest absolute Gasteiger partial charge is 0.382 e. The second-order valence-corrected chi connectivity index (χ2v) is 8.58. The first-order chi connectivity index (χ1) is 16.1. The molecule has 0 saturated carbocycles. The van der Waals surface area contributed by atoms with Crippen molar-refractivity contribution in [2.24, 2.45) is 0 Å². The topological polar surface area (TPSA) is 122 Å². The monoisotopic (exact) mass is 442 g/mol. The van der Waals surface area contributed by atoms with Crippen molar-refractivity contribution in [3.8, 4) is 11.3 Å². The van der Waals surface area contributed by atoms with Crippen LogP contribution in [-0.4, -0.2) is 47.0 Å². The van der Waals surface area contributed by atoms with E-state index in [1.165, 1.54) is 17.3 Å². The molecule has 8 heteroatoms. The maximum Gasteiger partial charge on any atom is 0.274 e. The molecule has 3 aromatic rings. The van der Waals surface area contributed by atoms with Crippen LogP contribution in [0.1, 0.15) is 38.4 Å². The highest BCUT2D eigenvalue weighted by Crippen LogP contribution is 2.23. The number of hydrogen-bond acceptors (Lipinski definition) is 6. The van der Waals surface area contributed by atoms with Crippen molar-refractivity contribution in [3.63, 3.8) is 0 Å². The zero-order valence-electron chi connectivity index (χ0n) is 18.2. The Morgan fingerprint density at radius 2 is 1.73 bits per heavy atom. The quantitative estimate of drug-likeness (QED) is 0.477. The van der Waals surface area contributed by atoms with Crippen molar-refractivity contribution in [2.45, 2.75) is 31.3 Å². The van der Waals surface area contributed by atoms with Gasteiger partial charge in [0.1, 0.15) is 0 Å². The standard InChI is InChI=1S/C25H26N6O2/c26-23-22(25(33)29-19-8-9-27-13-19)31-21(14-28-23)17-6-3-7-18(10-17)24(32)30-20-11-15-4-1-2-5-16(15)12-20/h1-7,10,14,19-20,27H,8-9,11-13H2,(H2,26,28)(H,29,33)(H,30,32). The molecule has 5 N–H and O–H groups in total. The maximum absolute atomic E-state index is 12.9. The summed E-state index contributed by atoms with van der Waals surface area (Å²) in [6.45, 7) is 1.59. The molecule has 8 nitrogen and oxygen atoms in total. The molecule has 1 aliphatic carbocycles. The summed E-state index contributed by atoms with van der Waals surface area (Å²) in [7, 11) is 0. The van der Waals surface area contributed by atoms with Gasteiger partial charge in [-0.1, -0.05) is 36.4 Å². The van der Waals surface area contributed by atoms with Crippen LogP contribution >= 0.6 is 0 Å². The fourth-order valence-electron chi connectivity index (χ4n) is 4.49. The summed E-state index contributed by atoms with van der Waals surface area (Å²) in [5.41, 5.74) is 10.3. The Kier molecular flexibility index (Phi) is 5.75. The van der Waals surface area contributed by atoms with Crippen molar-refractivity contribution in [1.82, 2.24) is 25.9 Å². The van der Waals surface area contributed by atoms with Crippen molar-refractivity contribution < 1.29 is 9.59 Å². The van der Waals surface area contributed by atoms with E-state index in [4.69, 9.17) is 5.73 Å². The molecule has 2 amide bonds. The van der Waals surface area contributed by atoms with Gasteiger partial charge in [0.15, 0.2) is 11.5 Å². The number of nitrogens with one attached hydrogen (secondary N) is 3. The minimum Gasteiger partial charge on any atom is -0.382 e. The number of nitrogens with two attached hydrogens (primary N) is 1. The lowest BCUT2D eigenvalue weighted by atomic mass is 10.1. The Labute approximate surface area is 192 Å². The highest BCUT2D eigenvalue weighted by atomic mass is 16.2. The number of carbonyl (C=O) groups excluding carboxylic acids is 2. The van der Waals surface area contributed by atoms with Crippen LogP contribution in [0.15, 0.2) is 54.7 Å². The average molecular weight is 443 g/mol. The highest BCUT2D eigenvalue weighted by Gasteiger charge is 2.24. The summed E-state index contributed by atoms with van der Waals surface area (Å²) in [6.07, 6.45) is 4.05. The molecule has 168 valence electrons. The molecule has 1 aromatic heterocycles. The lowest BCUT2D eigenvalue weighted by Crippen LogP contribution is -2.37. The normalized spacial score (nSPS) is 17.5. The van der Waals surface area contributed by atoms with E-state index in [2.05, 4.69) is 38.1 Å². The number of aromatic nitrogens is 2. The number of rotatable bonds is 5. The Morgan fingerprint density at radius 1 is 0.970 bits per heavy atom. The molecule has 0 spiro atoms. The van der Waals surface area contributed by atoms with Crippen LogP contribution < -0.4 is 21.7 Å². The molecule has 1 saturated heterocycles. The molecule has 0 radical (unpaired) electrons. The first-order valence-electron chi connectivity index (χ1n) is 11.2. The lowest BCUT2D eigenvalue weighted by Gasteiger charge is -2.14. The first kappa shape index (κ1) is 21.1. The van der Waals surface area contributed by atoms with E-state index in [-0.39, 0.29) is 35.4 Å². The Balaban J connectivity index is 1.31. The number of nitrogens with zero attached hydrogens (tertiary/aromatic N) is 2. The van der Waals surface area contributed by atoms with Crippen molar-refractivity contribution >= 4 is 17.6 Å². The van der Waals surface area contributed by atoms with Gasteiger partial charge in [0.05, 0.1) is 11.9 Å². The predicted octanol–water partition coefficient (Wildman–Crippen LogP) is 1.71. The van der Waals surface area contributed by atoms with Crippen molar-refractivity contribution in [2.75, 3.05) is 18.8 Å². The summed E-state index contributed by atoms with van der Waals surface area (Å²) in [5, 5.41) is 9.29. The van der Waals surface area contributed by atoms with Crippen LogP contribution in [0.5, 0.6) is 0 Å². The van der Waals surface area contributed by atoms with Gasteiger partial charge in [-0.2, -0.15) is 0 Å². The highest BCUT2D eigenvalue weighted by molar-refractivity contribution is 5.97. The zero-order valence-corrected chi connectivity index (χ0v) is 18.2. The number of carbonyl (C=O) groups is 2. The Bertz CT molecular complexity index is 1180. The SMILES string of the molecule is Nc1ncc(-c2cccc(C(=O)NC3Cc4ccccc4C3)c2)nc1C(=O)NC1CCNC1. The van der Waals surface area contributed by atoms with Crippen LogP contribution in [0.3, 0.4) is 0 Å². The minimum absolute atomic E-state index is 0.0519. The van der Waals surface area contributed by atoms with E-state index < -0.39 is 0 Å². The number of anilines is 1. The van der Waals surface area contributed by atoms with Gasteiger partial charge in [-0.15, -0.1) is 0 Å². The smallest absolute Gasteiger partial charge is 0.274 e. The van der Waals surface area contributed by atoms with Crippen LogP contribution in [0.4, 0.5) is 5.82 Å². The molecule has 1 atom stereocenters. The second-order valence-electron chi connectivity index (χ2n) is 8.58. The summed E-state index contributed by atoms with van der Waals surface area (Å²) < 4.78 is 0. The molecule has 1 aliphatic heterocycles. The van der Waals surface area contributed by atoms with Gasteiger partial charge < -0.3 is 21.7 Å². The average Bonchev–Trinajstić information content (AvgIpc) is 3.48. The molecule has 1 fully saturated rings. The summed E-state index contributed by atoms with van der Waals surface area (Å²) in [6, 6.07) is 15.6.